The first kappa shape index (κ1) is 17.1. The molecule has 26 heavy (non-hydrogen) atoms. The number of aryl methyl sites for hydroxylation is 2. The molecule has 0 radical (unpaired) electrons. The second-order valence-electron chi connectivity index (χ2n) is 5.95. The zero-order valence-corrected chi connectivity index (χ0v) is 15.3. The maximum Gasteiger partial charge on any atom is 0.344 e. The molecule has 8 heteroatoms. The molecule has 0 aliphatic heterocycles. The van der Waals surface area contributed by atoms with Gasteiger partial charge in [-0.15, -0.1) is 11.3 Å². The summed E-state index contributed by atoms with van der Waals surface area (Å²) in [6, 6.07) is 6.67. The lowest BCUT2D eigenvalue weighted by Crippen LogP contribution is -2.18. The number of halogens is 1. The molecule has 6 nitrogen and oxygen atoms in total. The molecule has 1 N–H and O–H groups in total. The van der Waals surface area contributed by atoms with Crippen molar-refractivity contribution in [3.8, 4) is 5.75 Å². The number of carbonyl (C=O) groups excluding carboxylic acids is 1. The third-order valence-corrected chi connectivity index (χ3v) is 5.60. The van der Waals surface area contributed by atoms with Crippen LogP contribution in [0, 0.1) is 0 Å². The Morgan fingerprint density at radius 2 is 2.08 bits per heavy atom. The van der Waals surface area contributed by atoms with Crippen molar-refractivity contribution in [1.82, 2.24) is 9.97 Å². The van der Waals surface area contributed by atoms with E-state index < -0.39 is 5.97 Å². The number of rotatable bonds is 5. The van der Waals surface area contributed by atoms with Gasteiger partial charge < -0.3 is 14.5 Å². The average molecular weight is 391 g/mol. The third kappa shape index (κ3) is 3.45. The van der Waals surface area contributed by atoms with Crippen LogP contribution in [-0.2, 0) is 29.0 Å². The normalized spacial score (nSPS) is 13.0. The van der Waals surface area contributed by atoms with Crippen molar-refractivity contribution in [2.45, 2.75) is 25.9 Å². The van der Waals surface area contributed by atoms with Crippen LogP contribution in [0.1, 0.15) is 22.7 Å². The fourth-order valence-electron chi connectivity index (χ4n) is 2.98. The van der Waals surface area contributed by atoms with Gasteiger partial charge in [-0.3, -0.25) is 4.79 Å². The first-order chi connectivity index (χ1) is 12.6. The summed E-state index contributed by atoms with van der Waals surface area (Å²) in [5.74, 6) is 0.311. The summed E-state index contributed by atoms with van der Waals surface area (Å²) in [6.45, 7) is -0.335. The summed E-state index contributed by atoms with van der Waals surface area (Å²) in [5, 5.41) is 1.27. The lowest BCUT2D eigenvalue weighted by Gasteiger charge is -2.07. The number of aromatic nitrogens is 2. The van der Waals surface area contributed by atoms with Gasteiger partial charge in [0.1, 0.15) is 23.0 Å². The zero-order chi connectivity index (χ0) is 18.1. The van der Waals surface area contributed by atoms with Crippen molar-refractivity contribution < 1.29 is 14.3 Å². The number of nitrogens with zero attached hydrogens (tertiary/aromatic N) is 1. The van der Waals surface area contributed by atoms with Crippen LogP contribution in [0.15, 0.2) is 29.1 Å². The molecule has 0 saturated carbocycles. The Morgan fingerprint density at radius 1 is 1.27 bits per heavy atom. The Balaban J connectivity index is 1.39. The molecule has 1 aliphatic rings. The summed E-state index contributed by atoms with van der Waals surface area (Å²) >= 11 is 7.34. The van der Waals surface area contributed by atoms with Gasteiger partial charge in [0.25, 0.3) is 5.56 Å². The minimum absolute atomic E-state index is 0.101. The number of hydrogen-bond acceptors (Lipinski definition) is 6. The van der Waals surface area contributed by atoms with Crippen LogP contribution >= 0.6 is 22.9 Å². The highest BCUT2D eigenvalue weighted by molar-refractivity contribution is 7.18. The second kappa shape index (κ2) is 7.09. The quantitative estimate of drug-likeness (QED) is 0.676. The molecule has 0 unspecified atom stereocenters. The predicted molar refractivity (Wildman–Crippen MR) is 99.0 cm³/mol. The molecule has 0 atom stereocenters. The van der Waals surface area contributed by atoms with Crippen molar-refractivity contribution in [1.29, 1.82) is 0 Å². The lowest BCUT2D eigenvalue weighted by molar-refractivity contribution is -0.147. The van der Waals surface area contributed by atoms with E-state index in [9.17, 15) is 9.59 Å². The van der Waals surface area contributed by atoms with Crippen LogP contribution < -0.4 is 10.3 Å². The number of carbonyl (C=O) groups is 1. The van der Waals surface area contributed by atoms with Crippen molar-refractivity contribution in [2.75, 3.05) is 6.61 Å². The molecular weight excluding hydrogens is 376 g/mol. The van der Waals surface area contributed by atoms with Gasteiger partial charge >= 0.3 is 5.97 Å². The van der Waals surface area contributed by atoms with Gasteiger partial charge in [0.05, 0.1) is 5.39 Å². The summed E-state index contributed by atoms with van der Waals surface area (Å²) in [7, 11) is 0. The molecule has 1 aromatic carbocycles. The number of nitrogens with one attached hydrogen (secondary N) is 1. The zero-order valence-electron chi connectivity index (χ0n) is 13.7. The molecular formula is C18H15ClN2O4S. The standard InChI is InChI=1S/C18H15ClN2O4S/c19-10-4-6-11(7-5-10)24-9-15(22)25-8-14-20-17(23)16-12-2-1-3-13(12)26-18(16)21-14/h4-7H,1-3,8-9H2,(H,20,21,23). The topological polar surface area (TPSA) is 81.3 Å². The number of H-pyrrole nitrogens is 1. The second-order valence-corrected chi connectivity index (χ2v) is 7.47. The Bertz CT molecular complexity index is 1030. The van der Waals surface area contributed by atoms with Gasteiger partial charge in [0.2, 0.25) is 0 Å². The van der Waals surface area contributed by atoms with Gasteiger partial charge in [0.15, 0.2) is 6.61 Å². The smallest absolute Gasteiger partial charge is 0.344 e. The Kier molecular flexibility index (Phi) is 4.65. The lowest BCUT2D eigenvalue weighted by atomic mass is 10.2. The number of esters is 1. The number of thiophene rings is 1. The van der Waals surface area contributed by atoms with Crippen LogP contribution in [0.3, 0.4) is 0 Å². The molecule has 4 rings (SSSR count). The molecule has 3 aromatic rings. The van der Waals surface area contributed by atoms with E-state index in [0.717, 1.165) is 24.8 Å². The van der Waals surface area contributed by atoms with E-state index in [4.69, 9.17) is 21.1 Å². The van der Waals surface area contributed by atoms with E-state index in [1.165, 1.54) is 4.88 Å². The molecule has 1 aliphatic carbocycles. The minimum atomic E-state index is -0.545. The number of fused-ring (bicyclic) bond motifs is 3. The summed E-state index contributed by atoms with van der Waals surface area (Å²) in [6.07, 6.45) is 3.02. The van der Waals surface area contributed by atoms with Gasteiger partial charge in [0, 0.05) is 9.90 Å². The SMILES string of the molecule is O=C(COc1ccc(Cl)cc1)OCc1nc2sc3c(c2c(=O)[nH]1)CCC3. The molecule has 0 saturated heterocycles. The van der Waals surface area contributed by atoms with E-state index in [2.05, 4.69) is 9.97 Å². The number of hydrogen-bond donors (Lipinski definition) is 1. The minimum Gasteiger partial charge on any atom is -0.482 e. The molecule has 0 amide bonds. The highest BCUT2D eigenvalue weighted by Gasteiger charge is 2.21. The van der Waals surface area contributed by atoms with E-state index in [1.54, 1.807) is 35.6 Å². The molecule has 0 bridgehead atoms. The largest absolute Gasteiger partial charge is 0.482 e. The third-order valence-electron chi connectivity index (χ3n) is 4.16. The Morgan fingerprint density at radius 3 is 2.88 bits per heavy atom. The van der Waals surface area contributed by atoms with Crippen LogP contribution in [0.25, 0.3) is 10.2 Å². The number of benzene rings is 1. The number of ether oxygens (including phenoxy) is 2. The van der Waals surface area contributed by atoms with Crippen molar-refractivity contribution >= 4 is 39.1 Å². The highest BCUT2D eigenvalue weighted by atomic mass is 35.5. The van der Waals surface area contributed by atoms with Gasteiger partial charge in [-0.05, 0) is 49.1 Å². The molecule has 0 spiro atoms. The molecule has 0 fully saturated rings. The molecule has 134 valence electrons. The highest BCUT2D eigenvalue weighted by Crippen LogP contribution is 2.34. The van der Waals surface area contributed by atoms with Crippen molar-refractivity contribution in [3.05, 3.63) is 55.9 Å². The van der Waals surface area contributed by atoms with Gasteiger partial charge in [-0.2, -0.15) is 0 Å². The monoisotopic (exact) mass is 390 g/mol. The van der Waals surface area contributed by atoms with Crippen LogP contribution in [-0.4, -0.2) is 22.5 Å². The predicted octanol–water partition coefficient (Wildman–Crippen LogP) is 3.25. The van der Waals surface area contributed by atoms with Crippen molar-refractivity contribution in [2.24, 2.45) is 0 Å². The number of aromatic amines is 1. The van der Waals surface area contributed by atoms with Crippen molar-refractivity contribution in [3.63, 3.8) is 0 Å². The summed E-state index contributed by atoms with van der Waals surface area (Å²) < 4.78 is 10.5. The molecule has 2 heterocycles. The Hall–Kier alpha value is -2.38. The van der Waals surface area contributed by atoms with E-state index >= 15 is 0 Å². The first-order valence-corrected chi connectivity index (χ1v) is 9.37. The Labute approximate surface area is 157 Å². The summed E-state index contributed by atoms with van der Waals surface area (Å²) in [5.41, 5.74) is 0.955. The van der Waals surface area contributed by atoms with Crippen LogP contribution in [0.2, 0.25) is 5.02 Å². The van der Waals surface area contributed by atoms with Gasteiger partial charge in [-0.1, -0.05) is 11.6 Å². The van der Waals surface area contributed by atoms with Gasteiger partial charge in [-0.25, -0.2) is 9.78 Å². The van der Waals surface area contributed by atoms with Crippen LogP contribution in [0.4, 0.5) is 0 Å². The molecule has 2 aromatic heterocycles. The fourth-order valence-corrected chi connectivity index (χ4v) is 4.39. The average Bonchev–Trinajstić information content (AvgIpc) is 3.20. The van der Waals surface area contributed by atoms with Crippen LogP contribution in [0.5, 0.6) is 5.75 Å². The van der Waals surface area contributed by atoms with E-state index in [1.807, 2.05) is 0 Å². The van der Waals surface area contributed by atoms with E-state index in [-0.39, 0.29) is 18.8 Å². The first-order valence-electron chi connectivity index (χ1n) is 8.17. The summed E-state index contributed by atoms with van der Waals surface area (Å²) in [4.78, 5) is 33.3. The maximum absolute atomic E-state index is 12.3. The van der Waals surface area contributed by atoms with E-state index in [0.29, 0.717) is 26.8 Å². The fraction of sp³-hybridized carbons (Fsp3) is 0.278. The maximum atomic E-state index is 12.3.